The first-order valence-electron chi connectivity index (χ1n) is 4.38. The molecule has 0 amide bonds. The molecule has 0 atom stereocenters. The number of nitrogens with two attached hydrogens (primary N) is 1. The van der Waals surface area contributed by atoms with Crippen LogP contribution in [0.25, 0.3) is 0 Å². The molecule has 4 heteroatoms. The number of anilines is 1. The molecule has 13 heavy (non-hydrogen) atoms. The first-order valence-corrected chi connectivity index (χ1v) is 5.37. The van der Waals surface area contributed by atoms with Gasteiger partial charge < -0.3 is 5.73 Å². The molecule has 0 radical (unpaired) electrons. The SMILES string of the molecule is CCCSc1nc(C)nc(N)c1C. The quantitative estimate of drug-likeness (QED) is 0.596. The molecule has 0 saturated carbocycles. The standard InChI is InChI=1S/C9H15N3S/c1-4-5-13-9-6(2)8(10)11-7(3)12-9/h4-5H2,1-3H3,(H2,10,11,12). The molecule has 0 aliphatic rings. The maximum Gasteiger partial charge on any atom is 0.131 e. The van der Waals surface area contributed by atoms with Crippen LogP contribution in [-0.4, -0.2) is 15.7 Å². The third-order valence-corrected chi connectivity index (χ3v) is 2.98. The largest absolute Gasteiger partial charge is 0.383 e. The fourth-order valence-corrected chi connectivity index (χ4v) is 1.88. The maximum absolute atomic E-state index is 5.73. The van der Waals surface area contributed by atoms with E-state index in [0.29, 0.717) is 5.82 Å². The molecule has 0 aromatic carbocycles. The molecule has 2 N–H and O–H groups in total. The van der Waals surface area contributed by atoms with Gasteiger partial charge in [-0.05, 0) is 26.0 Å². The molecule has 0 aliphatic heterocycles. The Labute approximate surface area is 83.2 Å². The Kier molecular flexibility index (Phi) is 3.54. The molecule has 1 rings (SSSR count). The van der Waals surface area contributed by atoms with Crippen LogP contribution in [0, 0.1) is 13.8 Å². The summed E-state index contributed by atoms with van der Waals surface area (Å²) in [5, 5.41) is 1.02. The van der Waals surface area contributed by atoms with E-state index >= 15 is 0 Å². The van der Waals surface area contributed by atoms with E-state index in [0.717, 1.165) is 28.6 Å². The van der Waals surface area contributed by atoms with Crippen molar-refractivity contribution in [1.82, 2.24) is 9.97 Å². The first-order chi connectivity index (χ1) is 6.15. The van der Waals surface area contributed by atoms with E-state index in [4.69, 9.17) is 5.73 Å². The van der Waals surface area contributed by atoms with Crippen molar-refractivity contribution < 1.29 is 0 Å². The molecule has 0 bridgehead atoms. The summed E-state index contributed by atoms with van der Waals surface area (Å²) in [6.45, 7) is 5.98. The van der Waals surface area contributed by atoms with E-state index in [2.05, 4.69) is 16.9 Å². The Balaban J connectivity index is 2.92. The van der Waals surface area contributed by atoms with E-state index in [9.17, 15) is 0 Å². The van der Waals surface area contributed by atoms with E-state index < -0.39 is 0 Å². The third kappa shape index (κ3) is 2.59. The summed E-state index contributed by atoms with van der Waals surface area (Å²) in [4.78, 5) is 8.44. The van der Waals surface area contributed by atoms with E-state index in [1.54, 1.807) is 11.8 Å². The molecular formula is C9H15N3S. The molecule has 1 heterocycles. The van der Waals surface area contributed by atoms with Gasteiger partial charge in [-0.15, -0.1) is 11.8 Å². The number of aryl methyl sites for hydroxylation is 1. The number of aromatic nitrogens is 2. The van der Waals surface area contributed by atoms with Crippen LogP contribution in [0.5, 0.6) is 0 Å². The number of hydrogen-bond donors (Lipinski definition) is 1. The predicted molar refractivity (Wildman–Crippen MR) is 56.9 cm³/mol. The van der Waals surface area contributed by atoms with Gasteiger partial charge in [0.15, 0.2) is 0 Å². The molecule has 3 nitrogen and oxygen atoms in total. The minimum absolute atomic E-state index is 0.603. The zero-order chi connectivity index (χ0) is 9.84. The molecule has 0 unspecified atom stereocenters. The molecule has 0 spiro atoms. The lowest BCUT2D eigenvalue weighted by Gasteiger charge is -2.06. The average Bonchev–Trinajstić information content (AvgIpc) is 2.09. The summed E-state index contributed by atoms with van der Waals surface area (Å²) < 4.78 is 0. The lowest BCUT2D eigenvalue weighted by Crippen LogP contribution is -2.01. The molecular weight excluding hydrogens is 182 g/mol. The number of rotatable bonds is 3. The van der Waals surface area contributed by atoms with E-state index in [1.165, 1.54) is 0 Å². The summed E-state index contributed by atoms with van der Waals surface area (Å²) in [6, 6.07) is 0. The molecule has 72 valence electrons. The van der Waals surface area contributed by atoms with Crippen LogP contribution in [0.15, 0.2) is 5.03 Å². The van der Waals surface area contributed by atoms with Gasteiger partial charge >= 0.3 is 0 Å². The number of nitrogen functional groups attached to an aromatic ring is 1. The fourth-order valence-electron chi connectivity index (χ4n) is 0.963. The molecule has 0 aliphatic carbocycles. The van der Waals surface area contributed by atoms with Gasteiger partial charge in [-0.2, -0.15) is 0 Å². The van der Waals surface area contributed by atoms with Gasteiger partial charge in [0.25, 0.3) is 0 Å². The van der Waals surface area contributed by atoms with Gasteiger partial charge in [0.2, 0.25) is 0 Å². The summed E-state index contributed by atoms with van der Waals surface area (Å²) in [6.07, 6.45) is 1.15. The van der Waals surface area contributed by atoms with E-state index in [1.807, 2.05) is 13.8 Å². The van der Waals surface area contributed by atoms with Crippen LogP contribution >= 0.6 is 11.8 Å². The van der Waals surface area contributed by atoms with Crippen LogP contribution in [0.3, 0.4) is 0 Å². The Morgan fingerprint density at radius 2 is 2.00 bits per heavy atom. The minimum atomic E-state index is 0.603. The number of hydrogen-bond acceptors (Lipinski definition) is 4. The van der Waals surface area contributed by atoms with Crippen LogP contribution in [0.1, 0.15) is 24.7 Å². The monoisotopic (exact) mass is 197 g/mol. The van der Waals surface area contributed by atoms with Crippen LogP contribution < -0.4 is 5.73 Å². The average molecular weight is 197 g/mol. The maximum atomic E-state index is 5.73. The van der Waals surface area contributed by atoms with Gasteiger partial charge in [0.05, 0.1) is 0 Å². The smallest absolute Gasteiger partial charge is 0.131 e. The van der Waals surface area contributed by atoms with Crippen molar-refractivity contribution in [2.75, 3.05) is 11.5 Å². The fraction of sp³-hybridized carbons (Fsp3) is 0.556. The van der Waals surface area contributed by atoms with Crippen molar-refractivity contribution in [2.24, 2.45) is 0 Å². The highest BCUT2D eigenvalue weighted by molar-refractivity contribution is 7.99. The van der Waals surface area contributed by atoms with Crippen molar-refractivity contribution in [3.8, 4) is 0 Å². The van der Waals surface area contributed by atoms with Gasteiger partial charge in [-0.1, -0.05) is 6.92 Å². The van der Waals surface area contributed by atoms with Crippen molar-refractivity contribution in [3.63, 3.8) is 0 Å². The van der Waals surface area contributed by atoms with Crippen molar-refractivity contribution in [1.29, 1.82) is 0 Å². The van der Waals surface area contributed by atoms with Crippen LogP contribution in [0.4, 0.5) is 5.82 Å². The van der Waals surface area contributed by atoms with Gasteiger partial charge in [-0.25, -0.2) is 9.97 Å². The summed E-state index contributed by atoms with van der Waals surface area (Å²) >= 11 is 1.74. The molecule has 0 saturated heterocycles. The zero-order valence-corrected chi connectivity index (χ0v) is 9.11. The minimum Gasteiger partial charge on any atom is -0.383 e. The Bertz CT molecular complexity index is 299. The second-order valence-corrected chi connectivity index (χ2v) is 4.02. The predicted octanol–water partition coefficient (Wildman–Crippen LogP) is 2.18. The van der Waals surface area contributed by atoms with Gasteiger partial charge in [0.1, 0.15) is 16.7 Å². The summed E-state index contributed by atoms with van der Waals surface area (Å²) in [5.41, 5.74) is 6.73. The Morgan fingerprint density at radius 3 is 2.62 bits per heavy atom. The van der Waals surface area contributed by atoms with Crippen LogP contribution in [0.2, 0.25) is 0 Å². The topological polar surface area (TPSA) is 51.8 Å². The van der Waals surface area contributed by atoms with Crippen molar-refractivity contribution in [3.05, 3.63) is 11.4 Å². The van der Waals surface area contributed by atoms with Crippen molar-refractivity contribution in [2.45, 2.75) is 32.2 Å². The highest BCUT2D eigenvalue weighted by Crippen LogP contribution is 2.23. The summed E-state index contributed by atoms with van der Waals surface area (Å²) in [7, 11) is 0. The highest BCUT2D eigenvalue weighted by atomic mass is 32.2. The Hall–Kier alpha value is -0.770. The Morgan fingerprint density at radius 1 is 1.31 bits per heavy atom. The molecule has 1 aromatic heterocycles. The number of nitrogens with zero attached hydrogens (tertiary/aromatic N) is 2. The third-order valence-electron chi connectivity index (χ3n) is 1.69. The van der Waals surface area contributed by atoms with Crippen molar-refractivity contribution >= 4 is 17.6 Å². The van der Waals surface area contributed by atoms with E-state index in [-0.39, 0.29) is 0 Å². The van der Waals surface area contributed by atoms with Gasteiger partial charge in [-0.3, -0.25) is 0 Å². The zero-order valence-electron chi connectivity index (χ0n) is 8.29. The second kappa shape index (κ2) is 4.46. The lowest BCUT2D eigenvalue weighted by molar-refractivity contribution is 0.944. The second-order valence-electron chi connectivity index (χ2n) is 2.93. The first kappa shape index (κ1) is 10.3. The lowest BCUT2D eigenvalue weighted by atomic mass is 10.3. The van der Waals surface area contributed by atoms with Crippen LogP contribution in [-0.2, 0) is 0 Å². The highest BCUT2D eigenvalue weighted by Gasteiger charge is 2.05. The number of thioether (sulfide) groups is 1. The molecule has 1 aromatic rings. The normalized spacial score (nSPS) is 10.4. The van der Waals surface area contributed by atoms with Gasteiger partial charge in [0, 0.05) is 5.56 Å². The summed E-state index contributed by atoms with van der Waals surface area (Å²) in [5.74, 6) is 2.43. The molecule has 0 fully saturated rings.